The van der Waals surface area contributed by atoms with Gasteiger partial charge in [0.05, 0.1) is 40.5 Å². The number of hydroxylamine groups is 3. The van der Waals surface area contributed by atoms with Crippen molar-refractivity contribution in [2.75, 3.05) is 66.0 Å². The summed E-state index contributed by atoms with van der Waals surface area (Å²) in [6, 6.07) is 10.5. The molecule has 1 aliphatic carbocycles. The molecule has 6 aliphatic rings. The average molecular weight is 827 g/mol. The molecule has 6 heterocycles. The van der Waals surface area contributed by atoms with Crippen LogP contribution in [0.15, 0.2) is 48.6 Å². The third kappa shape index (κ3) is 5.20. The number of anilines is 1. The summed E-state index contributed by atoms with van der Waals surface area (Å²) in [5, 5.41) is 41.0. The first kappa shape index (κ1) is 40.9. The summed E-state index contributed by atoms with van der Waals surface area (Å²) in [6.07, 6.45) is 4.94. The number of quaternary nitrogens is 1. The van der Waals surface area contributed by atoms with E-state index in [1.807, 2.05) is 74.3 Å². The van der Waals surface area contributed by atoms with Crippen LogP contribution in [0.2, 0.25) is 0 Å². The van der Waals surface area contributed by atoms with Crippen molar-refractivity contribution < 1.29 is 48.2 Å². The first-order chi connectivity index (χ1) is 28.6. The van der Waals surface area contributed by atoms with Crippen LogP contribution in [0.25, 0.3) is 10.9 Å². The van der Waals surface area contributed by atoms with E-state index in [0.717, 1.165) is 22.0 Å². The van der Waals surface area contributed by atoms with Crippen LogP contribution in [0.3, 0.4) is 0 Å². The number of ether oxygens (including phenoxy) is 4. The maximum Gasteiger partial charge on any atom is 0.344 e. The summed E-state index contributed by atoms with van der Waals surface area (Å²) in [6.45, 7) is 6.94. The third-order valence-electron chi connectivity index (χ3n) is 15.8. The molecule has 14 nitrogen and oxygen atoms in total. The van der Waals surface area contributed by atoms with Crippen LogP contribution in [0.5, 0.6) is 5.75 Å². The minimum atomic E-state index is -2.34. The van der Waals surface area contributed by atoms with Gasteiger partial charge < -0.3 is 48.9 Å². The molecular formula is C46H58N4O10. The number of aromatic nitrogens is 1. The van der Waals surface area contributed by atoms with E-state index in [4.69, 9.17) is 18.9 Å². The highest BCUT2D eigenvalue weighted by Gasteiger charge is 2.80. The minimum Gasteiger partial charge on any atom is -0.633 e. The van der Waals surface area contributed by atoms with Crippen molar-refractivity contribution in [3.63, 3.8) is 0 Å². The maximum atomic E-state index is 15.3. The second kappa shape index (κ2) is 13.8. The quantitative estimate of drug-likeness (QED) is 0.103. The van der Waals surface area contributed by atoms with E-state index in [9.17, 15) is 25.0 Å². The molecule has 3 N–H and O–H groups in total. The van der Waals surface area contributed by atoms with Gasteiger partial charge in [0, 0.05) is 83.6 Å². The number of carbonyl (C=O) groups is 3. The molecule has 0 radical (unpaired) electrons. The molecule has 0 amide bonds. The lowest BCUT2D eigenvalue weighted by Gasteiger charge is -2.63. The molecule has 14 heteroatoms. The number of rotatable bonds is 7. The van der Waals surface area contributed by atoms with Gasteiger partial charge in [0.25, 0.3) is 0 Å². The molecular weight excluding hydrogens is 769 g/mol. The Morgan fingerprint density at radius 3 is 2.43 bits per heavy atom. The Morgan fingerprint density at radius 2 is 1.75 bits per heavy atom. The molecule has 5 aliphatic heterocycles. The molecule has 2 saturated heterocycles. The number of fused-ring (bicyclic) bond motifs is 6. The summed E-state index contributed by atoms with van der Waals surface area (Å²) in [4.78, 5) is 50.7. The Hall–Kier alpha value is -4.47. The van der Waals surface area contributed by atoms with Crippen molar-refractivity contribution in [1.29, 1.82) is 0 Å². The highest BCUT2D eigenvalue weighted by atomic mass is 16.6. The monoisotopic (exact) mass is 826 g/mol. The van der Waals surface area contributed by atoms with Gasteiger partial charge in [-0.3, -0.25) is 14.5 Å². The molecule has 322 valence electrons. The van der Waals surface area contributed by atoms with E-state index in [1.165, 1.54) is 21.1 Å². The number of hydrogen-bond acceptors (Lipinski definition) is 12. The fraction of sp³-hybridized carbons (Fsp3) is 0.587. The van der Waals surface area contributed by atoms with Crippen LogP contribution >= 0.6 is 0 Å². The van der Waals surface area contributed by atoms with Gasteiger partial charge >= 0.3 is 17.9 Å². The number of para-hydroxylation sites is 1. The number of H-pyrrole nitrogens is 1. The second-order valence-electron chi connectivity index (χ2n) is 18.6. The van der Waals surface area contributed by atoms with Crippen LogP contribution in [-0.4, -0.2) is 133 Å². The molecule has 60 heavy (non-hydrogen) atoms. The van der Waals surface area contributed by atoms with Crippen molar-refractivity contribution in [2.24, 2.45) is 11.3 Å². The molecule has 3 fully saturated rings. The summed E-state index contributed by atoms with van der Waals surface area (Å²) in [5.74, 6) is -2.08. The number of hydrogen-bond donors (Lipinski definition) is 3. The highest BCUT2D eigenvalue weighted by molar-refractivity contribution is 5.95. The van der Waals surface area contributed by atoms with Gasteiger partial charge in [0.15, 0.2) is 6.10 Å². The van der Waals surface area contributed by atoms with Crippen LogP contribution in [0.1, 0.15) is 75.3 Å². The van der Waals surface area contributed by atoms with Crippen molar-refractivity contribution in [3.05, 3.63) is 76.1 Å². The fourth-order valence-corrected chi connectivity index (χ4v) is 13.8. The summed E-state index contributed by atoms with van der Waals surface area (Å²) >= 11 is 0. The van der Waals surface area contributed by atoms with Crippen LogP contribution in [-0.2, 0) is 45.8 Å². The Morgan fingerprint density at radius 1 is 1.00 bits per heavy atom. The van der Waals surface area contributed by atoms with Crippen molar-refractivity contribution >= 4 is 34.5 Å². The number of nitrogens with one attached hydrogen (secondary N) is 1. The number of likely N-dealkylation sites (N-methyl/N-ethyl adjacent to an activating group) is 1. The van der Waals surface area contributed by atoms with E-state index in [-0.39, 0.29) is 32.1 Å². The lowest BCUT2D eigenvalue weighted by Crippen LogP contribution is -2.81. The smallest absolute Gasteiger partial charge is 0.344 e. The molecule has 3 aromatic rings. The van der Waals surface area contributed by atoms with Gasteiger partial charge in [0.2, 0.25) is 5.60 Å². The van der Waals surface area contributed by atoms with Crippen LogP contribution in [0.4, 0.5) is 5.69 Å². The topological polar surface area (TPSA) is 174 Å². The largest absolute Gasteiger partial charge is 0.633 e. The fourth-order valence-electron chi connectivity index (χ4n) is 13.8. The van der Waals surface area contributed by atoms with E-state index in [1.54, 1.807) is 7.11 Å². The van der Waals surface area contributed by atoms with E-state index >= 15 is 4.79 Å². The number of carbonyl (C=O) groups excluding carboxylic acids is 3. The number of piperidine rings is 1. The van der Waals surface area contributed by atoms with E-state index in [2.05, 4.69) is 9.88 Å². The summed E-state index contributed by atoms with van der Waals surface area (Å²) < 4.78 is 23.2. The Balaban J connectivity index is 1.37. The molecule has 9 rings (SSSR count). The zero-order valence-corrected chi connectivity index (χ0v) is 35.7. The van der Waals surface area contributed by atoms with Crippen molar-refractivity contribution in [1.82, 2.24) is 9.88 Å². The Bertz CT molecular complexity index is 2310. The molecule has 1 spiro atoms. The number of methoxy groups -OCH3 is 3. The second-order valence-corrected chi connectivity index (χ2v) is 18.6. The standard InChI is InChI=1S/C46H58N4O10/c1-8-42(54)23-28-24-45(40(52)58-6,36-30(15-20-50(56,25-28)26-42)29-13-10-11-14-33(29)47-36)32-21-31-34(22-35(32)57-5)48(4)38-44(31)17-19-49-18-12-16-43(9-2,37(44)49)39(60-27(3)51)46(38,55)41(53)59-7/h10-14,16,21-22,28,37-39,47,54-55H,8-9,15,17-20,23-26H2,1-7H3/t28-,37+,38-,39-,42+,43-,44-,45+,46+,50?/m1/s1. The van der Waals surface area contributed by atoms with Gasteiger partial charge in [-0.25, -0.2) is 4.79 Å². The Labute approximate surface area is 350 Å². The zero-order chi connectivity index (χ0) is 42.8. The van der Waals surface area contributed by atoms with Gasteiger partial charge in [-0.1, -0.05) is 44.2 Å². The molecule has 2 bridgehead atoms. The zero-order valence-electron chi connectivity index (χ0n) is 35.7. The Kier molecular flexibility index (Phi) is 9.39. The minimum absolute atomic E-state index is 0.0737. The molecule has 1 aromatic heterocycles. The molecule has 2 aromatic carbocycles. The van der Waals surface area contributed by atoms with E-state index < -0.39 is 68.1 Å². The normalized spacial score (nSPS) is 37.8. The lowest BCUT2D eigenvalue weighted by molar-refractivity contribution is -0.896. The van der Waals surface area contributed by atoms with Crippen molar-refractivity contribution in [2.45, 2.75) is 99.5 Å². The molecule has 1 unspecified atom stereocenters. The number of nitrogens with zero attached hydrogens (tertiary/aromatic N) is 3. The van der Waals surface area contributed by atoms with Gasteiger partial charge in [-0.2, -0.15) is 0 Å². The average Bonchev–Trinajstić information content (AvgIpc) is 3.89. The van der Waals surface area contributed by atoms with Crippen molar-refractivity contribution in [3.8, 4) is 5.75 Å². The van der Waals surface area contributed by atoms with Gasteiger partial charge in [-0.05, 0) is 61.9 Å². The predicted molar refractivity (Wildman–Crippen MR) is 222 cm³/mol. The number of aliphatic hydroxyl groups is 2. The first-order valence-corrected chi connectivity index (χ1v) is 21.4. The predicted octanol–water partition coefficient (Wildman–Crippen LogP) is 4.00. The lowest BCUT2D eigenvalue weighted by atomic mass is 9.47. The molecule has 10 atom stereocenters. The maximum absolute atomic E-state index is 15.3. The van der Waals surface area contributed by atoms with E-state index in [0.29, 0.717) is 67.9 Å². The van der Waals surface area contributed by atoms with Gasteiger partial charge in [0.1, 0.15) is 23.3 Å². The summed E-state index contributed by atoms with van der Waals surface area (Å²) in [7, 11) is 6.01. The SMILES string of the molecule is CC[C@]1(O)C[C@@H]2C[C@](C(=O)OC)(c3cc4c(cc3OC)N(C)[C@H]3[C@@](O)(C(=O)OC)[C@H](OC(C)=O)[C@]5(CC)C=CCN6CC[C@]43[C@@H]65)c3[nH]c4ccccc4c3CC[N+]([O-])(C2)C1. The van der Waals surface area contributed by atoms with Crippen LogP contribution in [0, 0.1) is 16.5 Å². The van der Waals surface area contributed by atoms with Gasteiger partial charge in [-0.15, -0.1) is 0 Å². The first-order valence-electron chi connectivity index (χ1n) is 21.4. The number of aromatic amines is 1. The summed E-state index contributed by atoms with van der Waals surface area (Å²) in [5.41, 5.74) is -2.80. The van der Waals surface area contributed by atoms with Crippen LogP contribution < -0.4 is 9.64 Å². The third-order valence-corrected chi connectivity index (χ3v) is 15.8. The number of benzene rings is 2. The number of esters is 3. The molecule has 1 saturated carbocycles. The highest BCUT2D eigenvalue weighted by Crippen LogP contribution is 2.68.